The minimum Gasteiger partial charge on any atom is -0.0839 e. The van der Waals surface area contributed by atoms with Crippen molar-refractivity contribution in [2.24, 2.45) is 35.5 Å². The molecule has 7 unspecified atom stereocenters. The summed E-state index contributed by atoms with van der Waals surface area (Å²) in [5, 5.41) is 8.30. The maximum absolute atomic E-state index is 2.72. The molecule has 0 heterocycles. The van der Waals surface area contributed by atoms with Gasteiger partial charge in [-0.3, -0.25) is 0 Å². The van der Waals surface area contributed by atoms with E-state index in [1.54, 1.807) is 11.1 Å². The lowest BCUT2D eigenvalue weighted by Crippen LogP contribution is -2.32. The molecule has 0 saturated carbocycles. The van der Waals surface area contributed by atoms with Crippen LogP contribution in [-0.2, 0) is 10.8 Å². The number of hydrogen-bond acceptors (Lipinski definition) is 0. The molecule has 0 saturated heterocycles. The van der Waals surface area contributed by atoms with Gasteiger partial charge in [-0.1, -0.05) is 308 Å². The van der Waals surface area contributed by atoms with Crippen molar-refractivity contribution in [3.05, 3.63) is 372 Å². The van der Waals surface area contributed by atoms with Gasteiger partial charge in [-0.25, -0.2) is 0 Å². The third kappa shape index (κ3) is 9.89. The van der Waals surface area contributed by atoms with E-state index >= 15 is 0 Å². The summed E-state index contributed by atoms with van der Waals surface area (Å²) in [7, 11) is 0. The highest BCUT2D eigenvalue weighted by Gasteiger charge is 2.47. The van der Waals surface area contributed by atoms with Crippen molar-refractivity contribution >= 4 is 60.2 Å². The van der Waals surface area contributed by atoms with Crippen LogP contribution in [0.1, 0.15) is 164 Å². The molecule has 0 radical (unpaired) electrons. The van der Waals surface area contributed by atoms with Crippen molar-refractivity contribution < 1.29 is 0 Å². The predicted molar refractivity (Wildman–Crippen MR) is 443 cm³/mol. The first-order valence-corrected chi connectivity index (χ1v) is 39.2. The van der Waals surface area contributed by atoms with Crippen LogP contribution in [0.3, 0.4) is 0 Å². The van der Waals surface area contributed by atoms with Crippen LogP contribution in [0, 0.1) is 35.5 Å². The monoisotopic (exact) mass is 1340 g/mol. The first-order chi connectivity index (χ1) is 50.7. The zero-order valence-electron chi connectivity index (χ0n) is 61.7. The number of benzene rings is 8. The molecule has 0 fully saturated rings. The van der Waals surface area contributed by atoms with Crippen molar-refractivity contribution in [2.45, 2.75) is 130 Å². The van der Waals surface area contributed by atoms with Gasteiger partial charge in [-0.2, -0.15) is 0 Å². The van der Waals surface area contributed by atoms with Gasteiger partial charge in [0.1, 0.15) is 0 Å². The summed E-state index contributed by atoms with van der Waals surface area (Å²) in [6, 6.07) is 57.1. The highest BCUT2D eigenvalue weighted by Crippen LogP contribution is 2.65. The maximum atomic E-state index is 2.72. The van der Waals surface area contributed by atoms with Crippen molar-refractivity contribution in [3.63, 3.8) is 0 Å². The number of hydrogen-bond donors (Lipinski definition) is 0. The van der Waals surface area contributed by atoms with Gasteiger partial charge in [-0.05, 0) is 277 Å². The summed E-state index contributed by atoms with van der Waals surface area (Å²) in [5.41, 5.74) is 42.1. The van der Waals surface area contributed by atoms with Crippen molar-refractivity contribution in [1.82, 2.24) is 0 Å². The number of allylic oxidation sites excluding steroid dienone is 36. The SMILES string of the molecule is CC1=CC2=C(C=CCC2)C2C(C3=CC=C4C=CC=CC4C3c3ccccc3)=CC=C(CCC(C)(C)c3cc(C4=CC5=C(C=C6c7c(c(-c8ccccc8)c8cc9c%10c(cccc%10c8c7-c7ccccc7)C7=C9CCC(C8=C(C)C=CCC8C)=C7)C7=CC=CC5C76)CC4)c4cc(C(C)(C)C)ccc4c3)C12. The third-order valence-electron chi connectivity index (χ3n) is 26.6. The Morgan fingerprint density at radius 2 is 1.21 bits per heavy atom. The van der Waals surface area contributed by atoms with E-state index in [4.69, 9.17) is 0 Å². The normalized spacial score (nSPS) is 24.0. The van der Waals surface area contributed by atoms with Crippen molar-refractivity contribution in [1.29, 1.82) is 0 Å². The molecular formula is C104H92. The molecule has 12 aliphatic carbocycles. The molecule has 0 aliphatic heterocycles. The second kappa shape index (κ2) is 24.2. The lowest BCUT2D eigenvalue weighted by atomic mass is 9.60. The van der Waals surface area contributed by atoms with Crippen LogP contribution in [0.2, 0.25) is 0 Å². The molecule has 0 aromatic heterocycles. The fourth-order valence-electron chi connectivity index (χ4n) is 21.6. The van der Waals surface area contributed by atoms with E-state index in [-0.39, 0.29) is 34.5 Å². The van der Waals surface area contributed by atoms with Crippen LogP contribution in [0.5, 0.6) is 0 Å². The van der Waals surface area contributed by atoms with E-state index in [1.165, 1.54) is 183 Å². The second-order valence-corrected chi connectivity index (χ2v) is 33.9. The minimum absolute atomic E-state index is 0.00273. The first kappa shape index (κ1) is 63.5. The Morgan fingerprint density at radius 3 is 2.02 bits per heavy atom. The Labute approximate surface area is 616 Å². The Bertz CT molecular complexity index is 5760. The highest BCUT2D eigenvalue weighted by atomic mass is 14.5. The average Bonchev–Trinajstić information content (AvgIpc) is 1.50. The third-order valence-corrected chi connectivity index (χ3v) is 26.6. The molecule has 0 N–H and O–H groups in total. The smallest absolute Gasteiger partial charge is 0.0206 e. The summed E-state index contributed by atoms with van der Waals surface area (Å²) >= 11 is 0. The quantitative estimate of drug-likeness (QED) is 0.120. The van der Waals surface area contributed by atoms with Crippen LogP contribution < -0.4 is 0 Å². The van der Waals surface area contributed by atoms with E-state index in [0.717, 1.165) is 57.8 Å². The van der Waals surface area contributed by atoms with E-state index in [2.05, 4.69) is 316 Å². The Morgan fingerprint density at radius 1 is 0.462 bits per heavy atom. The summed E-state index contributed by atoms with van der Waals surface area (Å²) in [6.07, 6.45) is 56.7. The van der Waals surface area contributed by atoms with E-state index in [1.807, 2.05) is 0 Å². The fourth-order valence-corrected chi connectivity index (χ4v) is 21.6. The lowest BCUT2D eigenvalue weighted by molar-refractivity contribution is 0.445. The standard InChI is InChI=1S/C104H92/c1-61-25-22-26-62(2)92(61)73-46-48-78-88(57-73)80-38-24-39-83-97(80)89(78)60-91-95(66-30-14-10-15-31-66)101-84-40-23-37-79-85-55-71(41-42-72(85)56-90(98(79)84)102(101)96(100(83)91)67-32-16-11-17-33-67)87-59-75(54-70-43-47-74(58-86(70)87)103(4,5)6)104(7,8)52-51-68-45-50-82(99-77-36-21-19-34-69(77)53-63(3)93(68)99)81-49-44-64-27-18-20-35-76(64)94(81)65-28-12-9-13-29-65/h9-18,20-25,27-33,35-40,43-45,47,49-50,53-60,62,76,79,93-94,98-99H,19,26,34,41-42,46,48,51-52H2,1-8H3. The van der Waals surface area contributed by atoms with Crippen LogP contribution in [0.15, 0.2) is 328 Å². The summed E-state index contributed by atoms with van der Waals surface area (Å²) in [5.74, 6) is 2.05. The molecule has 104 heavy (non-hydrogen) atoms. The molecule has 0 nitrogen and oxygen atoms in total. The Hall–Kier alpha value is -10.1. The van der Waals surface area contributed by atoms with Gasteiger partial charge in [0.25, 0.3) is 0 Å². The summed E-state index contributed by atoms with van der Waals surface area (Å²) < 4.78 is 0. The molecular weight excluding hydrogens is 1250 g/mol. The molecule has 0 heteroatoms. The van der Waals surface area contributed by atoms with Gasteiger partial charge in [-0.15, -0.1) is 0 Å². The highest BCUT2D eigenvalue weighted by molar-refractivity contribution is 6.30. The van der Waals surface area contributed by atoms with Gasteiger partial charge in [0.2, 0.25) is 0 Å². The van der Waals surface area contributed by atoms with Gasteiger partial charge in [0, 0.05) is 35.5 Å². The van der Waals surface area contributed by atoms with Crippen molar-refractivity contribution in [3.8, 4) is 22.3 Å². The summed E-state index contributed by atoms with van der Waals surface area (Å²) in [4.78, 5) is 0. The molecule has 7 atom stereocenters. The molecule has 8 aromatic rings. The molecule has 0 spiro atoms. The number of fused-ring (bicyclic) bond motifs is 12. The van der Waals surface area contributed by atoms with E-state index in [0.29, 0.717) is 17.8 Å². The second-order valence-electron chi connectivity index (χ2n) is 33.9. The molecule has 8 aromatic carbocycles. The minimum atomic E-state index is -0.120. The molecule has 0 bridgehead atoms. The topological polar surface area (TPSA) is 0 Å². The van der Waals surface area contributed by atoms with Gasteiger partial charge in [0.15, 0.2) is 0 Å². The molecule has 12 aliphatic rings. The van der Waals surface area contributed by atoms with Crippen LogP contribution in [0.25, 0.3) is 82.4 Å². The van der Waals surface area contributed by atoms with Crippen LogP contribution in [0.4, 0.5) is 0 Å². The molecule has 20 rings (SSSR count). The van der Waals surface area contributed by atoms with Crippen LogP contribution in [-0.4, -0.2) is 0 Å². The van der Waals surface area contributed by atoms with Gasteiger partial charge < -0.3 is 0 Å². The predicted octanol–water partition coefficient (Wildman–Crippen LogP) is 27.6. The lowest BCUT2D eigenvalue weighted by Gasteiger charge is -2.44. The van der Waals surface area contributed by atoms with E-state index < -0.39 is 0 Å². The zero-order valence-corrected chi connectivity index (χ0v) is 61.7. The largest absolute Gasteiger partial charge is 0.0839 e. The van der Waals surface area contributed by atoms with Crippen LogP contribution >= 0.6 is 0 Å². The fraction of sp³-hybridized carbons (Fsp3) is 0.250. The molecule has 0 amide bonds. The Kier molecular flexibility index (Phi) is 14.8. The Balaban J connectivity index is 0.710. The average molecular weight is 1340 g/mol. The molecule has 508 valence electrons. The van der Waals surface area contributed by atoms with Gasteiger partial charge >= 0.3 is 0 Å². The van der Waals surface area contributed by atoms with Crippen molar-refractivity contribution in [2.75, 3.05) is 0 Å². The summed E-state index contributed by atoms with van der Waals surface area (Å²) in [6.45, 7) is 19.4. The van der Waals surface area contributed by atoms with E-state index in [9.17, 15) is 0 Å². The number of rotatable bonds is 10. The first-order valence-electron chi connectivity index (χ1n) is 39.2. The zero-order chi connectivity index (χ0) is 70.0. The van der Waals surface area contributed by atoms with Gasteiger partial charge in [0.05, 0.1) is 0 Å². The maximum Gasteiger partial charge on any atom is 0.0206 e.